The van der Waals surface area contributed by atoms with Gasteiger partial charge in [-0.1, -0.05) is 19.1 Å². The van der Waals surface area contributed by atoms with Crippen LogP contribution < -0.4 is 10.9 Å². The summed E-state index contributed by atoms with van der Waals surface area (Å²) in [7, 11) is 0. The molecule has 0 aromatic carbocycles. The monoisotopic (exact) mass is 262 g/mol. The van der Waals surface area contributed by atoms with E-state index in [1.165, 1.54) is 6.07 Å². The molecule has 102 valence electrons. The van der Waals surface area contributed by atoms with Gasteiger partial charge in [-0.25, -0.2) is 4.98 Å². The molecule has 2 rings (SSSR count). The van der Waals surface area contributed by atoms with Crippen LogP contribution in [0.25, 0.3) is 0 Å². The predicted molar refractivity (Wildman–Crippen MR) is 72.1 cm³/mol. The van der Waals surface area contributed by atoms with Gasteiger partial charge in [-0.15, -0.1) is 5.10 Å². The second kappa shape index (κ2) is 6.12. The van der Waals surface area contributed by atoms with E-state index in [2.05, 4.69) is 25.6 Å². The van der Waals surface area contributed by atoms with Gasteiger partial charge in [0, 0.05) is 31.3 Å². The van der Waals surface area contributed by atoms with Crippen molar-refractivity contribution in [3.8, 4) is 0 Å². The Morgan fingerprint density at radius 2 is 2.32 bits per heavy atom. The Hall–Kier alpha value is -2.18. The molecular formula is C12H18N6O. The van der Waals surface area contributed by atoms with Crippen molar-refractivity contribution >= 4 is 5.82 Å². The van der Waals surface area contributed by atoms with Crippen molar-refractivity contribution in [2.75, 3.05) is 11.9 Å². The number of hydrogen-bond donors (Lipinski definition) is 2. The second-order valence-corrected chi connectivity index (χ2v) is 4.62. The van der Waals surface area contributed by atoms with E-state index in [-0.39, 0.29) is 11.5 Å². The maximum Gasteiger partial charge on any atom is 0.252 e. The number of H-pyrrole nitrogens is 1. The van der Waals surface area contributed by atoms with Crippen molar-refractivity contribution in [3.05, 3.63) is 34.6 Å². The molecule has 2 aromatic heterocycles. The molecule has 0 saturated carbocycles. The van der Waals surface area contributed by atoms with E-state index < -0.39 is 0 Å². The average Bonchev–Trinajstić information content (AvgIpc) is 2.87. The molecule has 2 N–H and O–H groups in total. The van der Waals surface area contributed by atoms with E-state index in [1.54, 1.807) is 10.9 Å². The standard InChI is InChI=1S/C12H18N6O/c1-9(2)12-15-10(8-11(19)16-12)13-4-3-6-18-7-5-14-17-18/h5,7-9H,3-4,6H2,1-2H3,(H2,13,15,16,19). The normalized spacial score (nSPS) is 10.9. The molecule has 0 atom stereocenters. The summed E-state index contributed by atoms with van der Waals surface area (Å²) in [6.45, 7) is 5.50. The third-order valence-corrected chi connectivity index (χ3v) is 2.65. The number of aryl methyl sites for hydroxylation is 1. The van der Waals surface area contributed by atoms with Crippen molar-refractivity contribution in [2.45, 2.75) is 32.7 Å². The van der Waals surface area contributed by atoms with Gasteiger partial charge in [0.2, 0.25) is 0 Å². The minimum atomic E-state index is -0.127. The van der Waals surface area contributed by atoms with Crippen molar-refractivity contribution in [3.63, 3.8) is 0 Å². The Kier molecular flexibility index (Phi) is 4.27. The SMILES string of the molecule is CC(C)c1nc(NCCCn2ccnn2)cc(=O)[nH]1. The maximum atomic E-state index is 11.5. The molecule has 0 saturated heterocycles. The minimum absolute atomic E-state index is 0.127. The van der Waals surface area contributed by atoms with Crippen LogP contribution in [0, 0.1) is 0 Å². The van der Waals surface area contributed by atoms with E-state index in [4.69, 9.17) is 0 Å². The van der Waals surface area contributed by atoms with Crippen LogP contribution in [0.15, 0.2) is 23.3 Å². The highest BCUT2D eigenvalue weighted by Crippen LogP contribution is 2.08. The van der Waals surface area contributed by atoms with Crippen LogP contribution in [0.1, 0.15) is 32.0 Å². The summed E-state index contributed by atoms with van der Waals surface area (Å²) in [5.41, 5.74) is -0.127. The summed E-state index contributed by atoms with van der Waals surface area (Å²) in [5, 5.41) is 10.8. The van der Waals surface area contributed by atoms with Gasteiger partial charge in [0.25, 0.3) is 5.56 Å². The lowest BCUT2D eigenvalue weighted by Crippen LogP contribution is -2.15. The zero-order valence-electron chi connectivity index (χ0n) is 11.1. The van der Waals surface area contributed by atoms with Crippen molar-refractivity contribution in [2.24, 2.45) is 0 Å². The molecule has 0 unspecified atom stereocenters. The molecule has 0 aliphatic heterocycles. The zero-order chi connectivity index (χ0) is 13.7. The summed E-state index contributed by atoms with van der Waals surface area (Å²) < 4.78 is 1.77. The molecule has 0 spiro atoms. The number of nitrogens with one attached hydrogen (secondary N) is 2. The third kappa shape index (κ3) is 3.90. The van der Waals surface area contributed by atoms with Gasteiger partial charge in [0.05, 0.1) is 6.20 Å². The smallest absolute Gasteiger partial charge is 0.252 e. The molecule has 0 fully saturated rings. The molecule has 0 aliphatic carbocycles. The van der Waals surface area contributed by atoms with E-state index in [1.807, 2.05) is 20.0 Å². The van der Waals surface area contributed by atoms with Crippen molar-refractivity contribution in [1.29, 1.82) is 0 Å². The topological polar surface area (TPSA) is 88.5 Å². The summed E-state index contributed by atoms with van der Waals surface area (Å²) >= 11 is 0. The number of aromatic amines is 1. The van der Waals surface area contributed by atoms with E-state index in [0.717, 1.165) is 19.5 Å². The quantitative estimate of drug-likeness (QED) is 0.758. The fourth-order valence-corrected chi connectivity index (χ4v) is 1.65. The highest BCUT2D eigenvalue weighted by molar-refractivity contribution is 5.33. The van der Waals surface area contributed by atoms with E-state index >= 15 is 0 Å². The van der Waals surface area contributed by atoms with E-state index in [9.17, 15) is 4.79 Å². The van der Waals surface area contributed by atoms with Gasteiger partial charge in [0.15, 0.2) is 0 Å². The van der Waals surface area contributed by atoms with Gasteiger partial charge in [-0.2, -0.15) is 0 Å². The zero-order valence-corrected chi connectivity index (χ0v) is 11.1. The number of hydrogen-bond acceptors (Lipinski definition) is 5. The van der Waals surface area contributed by atoms with Gasteiger partial charge >= 0.3 is 0 Å². The summed E-state index contributed by atoms with van der Waals surface area (Å²) in [6, 6.07) is 1.47. The summed E-state index contributed by atoms with van der Waals surface area (Å²) in [6.07, 6.45) is 4.36. The molecule has 0 amide bonds. The molecule has 0 aliphatic rings. The Labute approximate surface area is 111 Å². The highest BCUT2D eigenvalue weighted by atomic mass is 16.1. The average molecular weight is 262 g/mol. The summed E-state index contributed by atoms with van der Waals surface area (Å²) in [4.78, 5) is 18.6. The first-order valence-electron chi connectivity index (χ1n) is 6.34. The fourth-order valence-electron chi connectivity index (χ4n) is 1.65. The Bertz CT molecular complexity index is 560. The lowest BCUT2D eigenvalue weighted by atomic mass is 10.2. The number of rotatable bonds is 6. The molecule has 0 bridgehead atoms. The second-order valence-electron chi connectivity index (χ2n) is 4.62. The maximum absolute atomic E-state index is 11.5. The van der Waals surface area contributed by atoms with Gasteiger partial charge in [0.1, 0.15) is 11.6 Å². The fraction of sp³-hybridized carbons (Fsp3) is 0.500. The van der Waals surface area contributed by atoms with Gasteiger partial charge in [-0.05, 0) is 6.42 Å². The molecular weight excluding hydrogens is 244 g/mol. The number of aromatic nitrogens is 5. The van der Waals surface area contributed by atoms with Gasteiger partial charge < -0.3 is 10.3 Å². The number of anilines is 1. The molecule has 2 aromatic rings. The van der Waals surface area contributed by atoms with Crippen LogP contribution in [0.5, 0.6) is 0 Å². The van der Waals surface area contributed by atoms with Crippen LogP contribution in [0.4, 0.5) is 5.82 Å². The molecule has 0 radical (unpaired) electrons. The minimum Gasteiger partial charge on any atom is -0.370 e. The van der Waals surface area contributed by atoms with E-state index in [0.29, 0.717) is 11.6 Å². The first kappa shape index (κ1) is 13.3. The lowest BCUT2D eigenvalue weighted by molar-refractivity contribution is 0.569. The largest absolute Gasteiger partial charge is 0.370 e. The summed E-state index contributed by atoms with van der Waals surface area (Å²) in [5.74, 6) is 1.52. The Balaban J connectivity index is 1.87. The first-order chi connectivity index (χ1) is 9.15. The molecule has 19 heavy (non-hydrogen) atoms. The van der Waals surface area contributed by atoms with Crippen LogP contribution in [0.2, 0.25) is 0 Å². The van der Waals surface area contributed by atoms with Crippen LogP contribution >= 0.6 is 0 Å². The van der Waals surface area contributed by atoms with Crippen molar-refractivity contribution < 1.29 is 0 Å². The first-order valence-corrected chi connectivity index (χ1v) is 6.34. The van der Waals surface area contributed by atoms with Crippen LogP contribution in [-0.4, -0.2) is 31.5 Å². The third-order valence-electron chi connectivity index (χ3n) is 2.65. The lowest BCUT2D eigenvalue weighted by Gasteiger charge is -2.08. The predicted octanol–water partition coefficient (Wildman–Crippen LogP) is 0.987. The molecule has 7 heteroatoms. The highest BCUT2D eigenvalue weighted by Gasteiger charge is 2.04. The Morgan fingerprint density at radius 1 is 1.47 bits per heavy atom. The Morgan fingerprint density at radius 3 is 3.00 bits per heavy atom. The number of nitrogens with zero attached hydrogens (tertiary/aromatic N) is 4. The van der Waals surface area contributed by atoms with Crippen LogP contribution in [-0.2, 0) is 6.54 Å². The van der Waals surface area contributed by atoms with Crippen molar-refractivity contribution in [1.82, 2.24) is 25.0 Å². The van der Waals surface area contributed by atoms with Gasteiger partial charge in [-0.3, -0.25) is 9.48 Å². The molecule has 7 nitrogen and oxygen atoms in total. The van der Waals surface area contributed by atoms with Crippen LogP contribution in [0.3, 0.4) is 0 Å². The molecule has 2 heterocycles.